The Hall–Kier alpha value is -4.01. The number of Topliss-reactive ketones (excluding diaryl/α,β-unsaturated/α-hetero) is 1. The van der Waals surface area contributed by atoms with Crippen LogP contribution in [0.15, 0.2) is 52.1 Å². The van der Waals surface area contributed by atoms with Crippen molar-refractivity contribution in [3.8, 4) is 5.69 Å². The molecule has 0 bridgehead atoms. The van der Waals surface area contributed by atoms with Crippen LogP contribution in [0.2, 0.25) is 0 Å². The average Bonchev–Trinajstić information content (AvgIpc) is 2.82. The van der Waals surface area contributed by atoms with E-state index in [4.69, 9.17) is 0 Å². The zero-order chi connectivity index (χ0) is 24.6. The van der Waals surface area contributed by atoms with E-state index in [1.54, 1.807) is 52.3 Å². The van der Waals surface area contributed by atoms with Gasteiger partial charge in [0.2, 0.25) is 11.8 Å². The summed E-state index contributed by atoms with van der Waals surface area (Å²) >= 11 is 0. The molecule has 2 amide bonds. The van der Waals surface area contributed by atoms with Gasteiger partial charge in [0.25, 0.3) is 5.56 Å². The Morgan fingerprint density at radius 1 is 0.853 bits per heavy atom. The molecule has 1 aromatic heterocycles. The number of aryl methyl sites for hydroxylation is 1. The van der Waals surface area contributed by atoms with Gasteiger partial charge in [-0.05, 0) is 50.2 Å². The van der Waals surface area contributed by atoms with E-state index in [0.29, 0.717) is 48.3 Å². The van der Waals surface area contributed by atoms with E-state index in [1.807, 2.05) is 6.92 Å². The molecule has 0 aliphatic carbocycles. The monoisotopic (exact) mass is 462 g/mol. The fourth-order valence-corrected chi connectivity index (χ4v) is 4.22. The molecule has 2 aromatic carbocycles. The number of piperazine rings is 1. The maximum atomic E-state index is 13.5. The van der Waals surface area contributed by atoms with E-state index >= 15 is 0 Å². The van der Waals surface area contributed by atoms with Crippen molar-refractivity contribution in [2.45, 2.75) is 27.3 Å². The molecule has 176 valence electrons. The molecular weight excluding hydrogens is 436 g/mol. The summed E-state index contributed by atoms with van der Waals surface area (Å²) in [6, 6.07) is 11.4. The van der Waals surface area contributed by atoms with E-state index in [2.05, 4.69) is 0 Å². The Kier molecular flexibility index (Phi) is 6.19. The van der Waals surface area contributed by atoms with Crippen LogP contribution in [0.5, 0.6) is 0 Å². The molecule has 0 atom stereocenters. The van der Waals surface area contributed by atoms with Crippen molar-refractivity contribution in [2.24, 2.45) is 0 Å². The highest BCUT2D eigenvalue weighted by Gasteiger charge is 2.24. The van der Waals surface area contributed by atoms with Gasteiger partial charge in [0, 0.05) is 38.7 Å². The Balaban J connectivity index is 1.78. The maximum absolute atomic E-state index is 13.5. The summed E-state index contributed by atoms with van der Waals surface area (Å²) in [7, 11) is 0. The molecule has 9 heteroatoms. The summed E-state index contributed by atoms with van der Waals surface area (Å²) < 4.78 is 2.35. The lowest BCUT2D eigenvalue weighted by Crippen LogP contribution is -2.51. The third kappa shape index (κ3) is 4.28. The molecule has 9 nitrogen and oxygen atoms in total. The number of nitrogens with zero attached hydrogens (tertiary/aromatic N) is 4. The number of rotatable bonds is 4. The second-order valence-corrected chi connectivity index (χ2v) is 8.52. The predicted octanol–water partition coefficient (Wildman–Crippen LogP) is 1.35. The highest BCUT2D eigenvalue weighted by atomic mass is 16.2. The maximum Gasteiger partial charge on any atom is 0.336 e. The number of amides is 2. The molecule has 0 radical (unpaired) electrons. The Morgan fingerprint density at radius 2 is 1.47 bits per heavy atom. The van der Waals surface area contributed by atoms with E-state index in [9.17, 15) is 24.0 Å². The Bertz CT molecular complexity index is 1410. The molecule has 3 aromatic rings. The van der Waals surface area contributed by atoms with Gasteiger partial charge in [0.05, 0.1) is 16.6 Å². The van der Waals surface area contributed by atoms with Crippen LogP contribution in [0.1, 0.15) is 29.8 Å². The van der Waals surface area contributed by atoms with Crippen LogP contribution in [0.4, 0.5) is 0 Å². The van der Waals surface area contributed by atoms with Crippen molar-refractivity contribution in [1.29, 1.82) is 0 Å². The molecular formula is C25H26N4O5. The lowest BCUT2D eigenvalue weighted by molar-refractivity contribution is -0.138. The van der Waals surface area contributed by atoms with E-state index in [1.165, 1.54) is 18.4 Å². The predicted molar refractivity (Wildman–Crippen MR) is 127 cm³/mol. The highest BCUT2D eigenvalue weighted by molar-refractivity contribution is 5.94. The van der Waals surface area contributed by atoms with Crippen molar-refractivity contribution in [3.05, 3.63) is 74.4 Å². The standard InChI is InChI=1S/C25H26N4O5/c1-16-4-9-22-21(14-16)24(33)29(20-7-5-19(6-8-20)17(2)30)25(34)28(22)15-23(32)27-12-10-26(11-13-27)18(3)31/h4-9,14H,10-13,15H2,1-3H3. The van der Waals surface area contributed by atoms with E-state index in [0.717, 1.165) is 10.1 Å². The van der Waals surface area contributed by atoms with Crippen LogP contribution in [0, 0.1) is 6.92 Å². The summed E-state index contributed by atoms with van der Waals surface area (Å²) in [5.41, 5.74) is 0.895. The Morgan fingerprint density at radius 3 is 2.06 bits per heavy atom. The van der Waals surface area contributed by atoms with E-state index in [-0.39, 0.29) is 24.1 Å². The largest absolute Gasteiger partial charge is 0.339 e. The smallest absolute Gasteiger partial charge is 0.336 e. The average molecular weight is 463 g/mol. The third-order valence-electron chi connectivity index (χ3n) is 6.20. The number of aromatic nitrogens is 2. The zero-order valence-electron chi connectivity index (χ0n) is 19.4. The molecule has 4 rings (SSSR count). The van der Waals surface area contributed by atoms with Gasteiger partial charge in [0.1, 0.15) is 6.54 Å². The second-order valence-electron chi connectivity index (χ2n) is 8.52. The Labute approximate surface area is 195 Å². The molecule has 1 aliphatic heterocycles. The fraction of sp³-hybridized carbons (Fsp3) is 0.320. The molecule has 0 saturated carbocycles. The lowest BCUT2D eigenvalue weighted by Gasteiger charge is -2.34. The molecule has 0 spiro atoms. The molecule has 1 aliphatic rings. The van der Waals surface area contributed by atoms with Crippen molar-refractivity contribution in [2.75, 3.05) is 26.2 Å². The van der Waals surface area contributed by atoms with Crippen molar-refractivity contribution in [3.63, 3.8) is 0 Å². The van der Waals surface area contributed by atoms with Crippen LogP contribution in [0.3, 0.4) is 0 Å². The molecule has 0 N–H and O–H groups in total. The van der Waals surface area contributed by atoms with Gasteiger partial charge in [-0.25, -0.2) is 9.36 Å². The fourth-order valence-electron chi connectivity index (χ4n) is 4.22. The van der Waals surface area contributed by atoms with Crippen molar-refractivity contribution >= 4 is 28.5 Å². The number of benzene rings is 2. The number of carbonyl (C=O) groups excluding carboxylic acids is 3. The number of hydrogen-bond acceptors (Lipinski definition) is 5. The van der Waals surface area contributed by atoms with Crippen LogP contribution < -0.4 is 11.2 Å². The highest BCUT2D eigenvalue weighted by Crippen LogP contribution is 2.14. The molecule has 34 heavy (non-hydrogen) atoms. The number of carbonyl (C=O) groups is 3. The van der Waals surface area contributed by atoms with Crippen LogP contribution in [-0.2, 0) is 16.1 Å². The van der Waals surface area contributed by atoms with Crippen LogP contribution in [0.25, 0.3) is 16.6 Å². The molecule has 1 saturated heterocycles. The lowest BCUT2D eigenvalue weighted by atomic mass is 10.1. The first-order chi connectivity index (χ1) is 16.2. The second kappa shape index (κ2) is 9.09. The third-order valence-corrected chi connectivity index (χ3v) is 6.20. The topological polar surface area (TPSA) is 102 Å². The summed E-state index contributed by atoms with van der Waals surface area (Å²) in [4.78, 5) is 66.4. The van der Waals surface area contributed by atoms with Crippen LogP contribution >= 0.6 is 0 Å². The van der Waals surface area contributed by atoms with Gasteiger partial charge in [-0.1, -0.05) is 11.6 Å². The minimum atomic E-state index is -0.632. The summed E-state index contributed by atoms with van der Waals surface area (Å²) in [6.07, 6.45) is 0. The summed E-state index contributed by atoms with van der Waals surface area (Å²) in [6.45, 7) is 6.21. The molecule has 2 heterocycles. The van der Waals surface area contributed by atoms with Crippen molar-refractivity contribution < 1.29 is 14.4 Å². The van der Waals surface area contributed by atoms with Gasteiger partial charge in [-0.3, -0.25) is 23.7 Å². The number of hydrogen-bond donors (Lipinski definition) is 0. The number of ketones is 1. The first-order valence-electron chi connectivity index (χ1n) is 11.1. The van der Waals surface area contributed by atoms with Gasteiger partial charge in [-0.15, -0.1) is 0 Å². The zero-order valence-corrected chi connectivity index (χ0v) is 19.4. The van der Waals surface area contributed by atoms with Gasteiger partial charge >= 0.3 is 5.69 Å². The molecule has 1 fully saturated rings. The molecule has 0 unspecified atom stereocenters. The van der Waals surface area contributed by atoms with Crippen LogP contribution in [-0.4, -0.2) is 62.7 Å². The van der Waals surface area contributed by atoms with Crippen molar-refractivity contribution in [1.82, 2.24) is 18.9 Å². The summed E-state index contributed by atoms with van der Waals surface area (Å²) in [5.74, 6) is -0.419. The first kappa shape index (κ1) is 23.2. The normalized spacial score (nSPS) is 13.9. The van der Waals surface area contributed by atoms with E-state index < -0.39 is 11.2 Å². The SMILES string of the molecule is CC(=O)c1ccc(-n2c(=O)c3cc(C)ccc3n(CC(=O)N3CCN(C(C)=O)CC3)c2=O)cc1. The van der Waals surface area contributed by atoms with Gasteiger partial charge in [0.15, 0.2) is 5.78 Å². The van der Waals surface area contributed by atoms with Gasteiger partial charge in [-0.2, -0.15) is 0 Å². The number of fused-ring (bicyclic) bond motifs is 1. The summed E-state index contributed by atoms with van der Waals surface area (Å²) in [5, 5.41) is 0.324. The minimum absolute atomic E-state index is 0.0347. The first-order valence-corrected chi connectivity index (χ1v) is 11.1. The minimum Gasteiger partial charge on any atom is -0.339 e. The van der Waals surface area contributed by atoms with Gasteiger partial charge < -0.3 is 9.80 Å². The quantitative estimate of drug-likeness (QED) is 0.545.